The Kier molecular flexibility index (Phi) is 5.31. The van der Waals surface area contributed by atoms with Crippen LogP contribution in [0.4, 0.5) is 8.78 Å². The number of nitrogens with zero attached hydrogens (tertiary/aromatic N) is 1. The van der Waals surface area contributed by atoms with Gasteiger partial charge in [0.1, 0.15) is 5.82 Å². The van der Waals surface area contributed by atoms with Crippen LogP contribution in [0.5, 0.6) is 5.75 Å². The molecule has 0 atom stereocenters. The highest BCUT2D eigenvalue weighted by atomic mass is 19.1. The summed E-state index contributed by atoms with van der Waals surface area (Å²) >= 11 is 0. The second kappa shape index (κ2) is 7.64. The zero-order valence-electron chi connectivity index (χ0n) is 14.2. The maximum Gasteiger partial charge on any atom is 0.223 e. The number of rotatable bonds is 7. The zero-order valence-corrected chi connectivity index (χ0v) is 14.2. The Morgan fingerprint density at radius 1 is 1.16 bits per heavy atom. The molecule has 0 N–H and O–H groups in total. The molecule has 2 aromatic carbocycles. The van der Waals surface area contributed by atoms with Gasteiger partial charge in [0.15, 0.2) is 11.6 Å². The van der Waals surface area contributed by atoms with Gasteiger partial charge in [-0.05, 0) is 54.7 Å². The van der Waals surface area contributed by atoms with Crippen molar-refractivity contribution in [2.75, 3.05) is 7.11 Å². The van der Waals surface area contributed by atoms with E-state index in [1.807, 2.05) is 11.0 Å². The Hall–Kier alpha value is -2.43. The number of hydrogen-bond donors (Lipinski definition) is 0. The molecule has 0 aromatic heterocycles. The number of carbonyl (C=O) groups is 1. The Morgan fingerprint density at radius 3 is 2.60 bits per heavy atom. The highest BCUT2D eigenvalue weighted by Crippen LogP contribution is 2.29. The topological polar surface area (TPSA) is 29.5 Å². The largest absolute Gasteiger partial charge is 0.494 e. The van der Waals surface area contributed by atoms with Crippen LogP contribution in [0.2, 0.25) is 0 Å². The molecule has 0 heterocycles. The first kappa shape index (κ1) is 17.4. The van der Waals surface area contributed by atoms with Crippen molar-refractivity contribution < 1.29 is 18.3 Å². The van der Waals surface area contributed by atoms with E-state index in [0.717, 1.165) is 24.0 Å². The smallest absolute Gasteiger partial charge is 0.223 e. The lowest BCUT2D eigenvalue weighted by molar-refractivity contribution is -0.132. The van der Waals surface area contributed by atoms with Crippen molar-refractivity contribution in [1.82, 2.24) is 4.90 Å². The van der Waals surface area contributed by atoms with Crippen LogP contribution in [0, 0.1) is 11.6 Å². The predicted molar refractivity (Wildman–Crippen MR) is 91.2 cm³/mol. The summed E-state index contributed by atoms with van der Waals surface area (Å²) in [4.78, 5) is 14.4. The molecule has 1 saturated carbocycles. The van der Waals surface area contributed by atoms with E-state index in [1.54, 1.807) is 18.2 Å². The van der Waals surface area contributed by atoms with E-state index >= 15 is 0 Å². The van der Waals surface area contributed by atoms with Gasteiger partial charge in [-0.1, -0.05) is 18.2 Å². The molecule has 5 heteroatoms. The average Bonchev–Trinajstić information content (AvgIpc) is 3.42. The third-order valence-electron chi connectivity index (χ3n) is 4.39. The molecule has 0 aliphatic heterocycles. The van der Waals surface area contributed by atoms with Crippen LogP contribution in [-0.2, 0) is 17.8 Å². The molecule has 1 amide bonds. The van der Waals surface area contributed by atoms with Crippen LogP contribution in [0.25, 0.3) is 0 Å². The molecule has 0 unspecified atom stereocenters. The summed E-state index contributed by atoms with van der Waals surface area (Å²) in [6.45, 7) is 0.415. The Bertz CT molecular complexity index is 759. The molecule has 1 aliphatic rings. The molecule has 3 nitrogen and oxygen atoms in total. The van der Waals surface area contributed by atoms with Gasteiger partial charge in [0, 0.05) is 19.0 Å². The minimum atomic E-state index is -0.425. The highest BCUT2D eigenvalue weighted by Gasteiger charge is 2.32. The highest BCUT2D eigenvalue weighted by molar-refractivity contribution is 5.77. The van der Waals surface area contributed by atoms with Crippen molar-refractivity contribution >= 4 is 5.91 Å². The first-order chi connectivity index (χ1) is 12.1. The summed E-state index contributed by atoms with van der Waals surface area (Å²) in [6.07, 6.45) is 2.74. The van der Waals surface area contributed by atoms with Crippen molar-refractivity contribution in [2.45, 2.75) is 38.3 Å². The summed E-state index contributed by atoms with van der Waals surface area (Å²) < 4.78 is 32.0. The molecule has 1 fully saturated rings. The Labute approximate surface area is 146 Å². The number of halogens is 2. The van der Waals surface area contributed by atoms with Gasteiger partial charge >= 0.3 is 0 Å². The van der Waals surface area contributed by atoms with Gasteiger partial charge in [0.2, 0.25) is 5.91 Å². The van der Waals surface area contributed by atoms with E-state index in [9.17, 15) is 13.6 Å². The van der Waals surface area contributed by atoms with Crippen LogP contribution in [-0.4, -0.2) is 24.0 Å². The van der Waals surface area contributed by atoms with Gasteiger partial charge < -0.3 is 9.64 Å². The molecule has 25 heavy (non-hydrogen) atoms. The molecule has 1 aliphatic carbocycles. The summed E-state index contributed by atoms with van der Waals surface area (Å²) in [7, 11) is 1.42. The van der Waals surface area contributed by atoms with Crippen molar-refractivity contribution in [3.05, 3.63) is 65.2 Å². The van der Waals surface area contributed by atoms with E-state index in [0.29, 0.717) is 19.4 Å². The minimum Gasteiger partial charge on any atom is -0.494 e. The second-order valence-electron chi connectivity index (χ2n) is 6.35. The Balaban J connectivity index is 1.62. The fraction of sp³-hybridized carbons (Fsp3) is 0.350. The zero-order chi connectivity index (χ0) is 17.8. The summed E-state index contributed by atoms with van der Waals surface area (Å²) in [6, 6.07) is 11.3. The second-order valence-corrected chi connectivity index (χ2v) is 6.35. The lowest BCUT2D eigenvalue weighted by Crippen LogP contribution is -2.32. The number of carbonyl (C=O) groups excluding carboxylic acids is 1. The lowest BCUT2D eigenvalue weighted by atomic mass is 10.1. The number of hydrogen-bond acceptors (Lipinski definition) is 2. The summed E-state index contributed by atoms with van der Waals surface area (Å²) in [5.41, 5.74) is 1.55. The van der Waals surface area contributed by atoms with Gasteiger partial charge in [-0.25, -0.2) is 8.78 Å². The van der Waals surface area contributed by atoms with Crippen LogP contribution in [0.1, 0.15) is 30.4 Å². The molecular weight excluding hydrogens is 324 g/mol. The quantitative estimate of drug-likeness (QED) is 0.756. The van der Waals surface area contributed by atoms with Crippen molar-refractivity contribution in [2.24, 2.45) is 0 Å². The van der Waals surface area contributed by atoms with Crippen LogP contribution < -0.4 is 4.74 Å². The van der Waals surface area contributed by atoms with E-state index in [-0.39, 0.29) is 23.5 Å². The molecule has 0 spiro atoms. The van der Waals surface area contributed by atoms with Crippen molar-refractivity contribution in [3.8, 4) is 5.75 Å². The number of aryl methyl sites for hydroxylation is 1. The minimum absolute atomic E-state index is 0.0167. The maximum atomic E-state index is 13.7. The van der Waals surface area contributed by atoms with Gasteiger partial charge in [-0.3, -0.25) is 4.79 Å². The van der Waals surface area contributed by atoms with Crippen LogP contribution in [0.3, 0.4) is 0 Å². The summed E-state index contributed by atoms with van der Waals surface area (Å²) in [5, 5.41) is 0. The van der Waals surface area contributed by atoms with E-state index in [4.69, 9.17) is 4.74 Å². The van der Waals surface area contributed by atoms with Crippen molar-refractivity contribution in [1.29, 1.82) is 0 Å². The standard InChI is InChI=1S/C20H21F2NO2/c1-25-19-9-5-14(12-18(19)22)6-10-20(24)23(17-7-8-17)13-15-3-2-4-16(21)11-15/h2-5,9,11-12,17H,6-8,10,13H2,1H3. The molecule has 2 aromatic rings. The normalized spacial score (nSPS) is 13.6. The molecule has 0 saturated heterocycles. The number of benzene rings is 2. The molecular formula is C20H21F2NO2. The average molecular weight is 345 g/mol. The van der Waals surface area contributed by atoms with Gasteiger partial charge in [0.25, 0.3) is 0 Å². The number of amides is 1. The predicted octanol–water partition coefficient (Wildman–Crippen LogP) is 4.10. The van der Waals surface area contributed by atoms with Crippen LogP contribution in [0.15, 0.2) is 42.5 Å². The van der Waals surface area contributed by atoms with E-state index < -0.39 is 5.82 Å². The monoisotopic (exact) mass is 345 g/mol. The van der Waals surface area contributed by atoms with Crippen LogP contribution >= 0.6 is 0 Å². The fourth-order valence-electron chi connectivity index (χ4n) is 2.90. The summed E-state index contributed by atoms with van der Waals surface area (Å²) in [5.74, 6) is -0.510. The van der Waals surface area contributed by atoms with E-state index in [1.165, 1.54) is 25.3 Å². The molecule has 0 bridgehead atoms. The van der Waals surface area contributed by atoms with Gasteiger partial charge in [0.05, 0.1) is 7.11 Å². The Morgan fingerprint density at radius 2 is 1.96 bits per heavy atom. The third kappa shape index (κ3) is 4.56. The fourth-order valence-corrected chi connectivity index (χ4v) is 2.90. The molecule has 0 radical (unpaired) electrons. The molecule has 3 rings (SSSR count). The third-order valence-corrected chi connectivity index (χ3v) is 4.39. The number of ether oxygens (including phenoxy) is 1. The van der Waals surface area contributed by atoms with Crippen molar-refractivity contribution in [3.63, 3.8) is 0 Å². The lowest BCUT2D eigenvalue weighted by Gasteiger charge is -2.23. The molecule has 132 valence electrons. The van der Waals surface area contributed by atoms with Gasteiger partial charge in [-0.2, -0.15) is 0 Å². The van der Waals surface area contributed by atoms with Gasteiger partial charge in [-0.15, -0.1) is 0 Å². The SMILES string of the molecule is COc1ccc(CCC(=O)N(Cc2cccc(F)c2)C2CC2)cc1F. The maximum absolute atomic E-state index is 13.7. The van der Waals surface area contributed by atoms with E-state index in [2.05, 4.69) is 0 Å². The first-order valence-corrected chi connectivity index (χ1v) is 8.43. The number of methoxy groups -OCH3 is 1. The first-order valence-electron chi connectivity index (χ1n) is 8.43.